The van der Waals surface area contributed by atoms with Gasteiger partial charge in [0.05, 0.1) is 0 Å². The van der Waals surface area contributed by atoms with E-state index in [1.54, 1.807) is 11.8 Å². The molecule has 0 spiro atoms. The first-order chi connectivity index (χ1) is 7.79. The van der Waals surface area contributed by atoms with Crippen LogP contribution in [0.3, 0.4) is 0 Å². The monoisotopic (exact) mass is 248 g/mol. The first kappa shape index (κ1) is 11.4. The van der Waals surface area contributed by atoms with E-state index in [-0.39, 0.29) is 0 Å². The maximum Gasteiger partial charge on any atom is 0.200 e. The van der Waals surface area contributed by atoms with Gasteiger partial charge in [-0.15, -0.1) is 11.8 Å². The molecule has 2 aromatic rings. The third kappa shape index (κ3) is 2.71. The van der Waals surface area contributed by atoms with Gasteiger partial charge in [-0.25, -0.2) is 4.98 Å². The highest BCUT2D eigenvalue weighted by atomic mass is 32.2. The third-order valence-corrected chi connectivity index (χ3v) is 3.22. The van der Waals surface area contributed by atoms with E-state index in [4.69, 9.17) is 12.2 Å². The van der Waals surface area contributed by atoms with Gasteiger partial charge in [-0.05, 0) is 30.1 Å². The Labute approximate surface area is 104 Å². The Kier molecular flexibility index (Phi) is 3.74. The summed E-state index contributed by atoms with van der Waals surface area (Å²) in [7, 11) is 0. The topological polar surface area (TPSA) is 17.8 Å². The summed E-state index contributed by atoms with van der Waals surface area (Å²) in [6.45, 7) is 0.779. The first-order valence-electron chi connectivity index (χ1n) is 4.95. The van der Waals surface area contributed by atoms with Crippen LogP contribution in [-0.2, 0) is 6.54 Å². The highest BCUT2D eigenvalue weighted by molar-refractivity contribution is 7.98. The van der Waals surface area contributed by atoms with Crippen molar-refractivity contribution in [3.63, 3.8) is 0 Å². The van der Waals surface area contributed by atoms with Crippen molar-refractivity contribution in [2.24, 2.45) is 0 Å². The van der Waals surface area contributed by atoms with Gasteiger partial charge >= 0.3 is 0 Å². The molecule has 0 bridgehead atoms. The lowest BCUT2D eigenvalue weighted by Crippen LogP contribution is -2.03. The summed E-state index contributed by atoms with van der Waals surface area (Å²) in [5.41, 5.74) is 1.23. The second kappa shape index (κ2) is 5.27. The Morgan fingerprint density at radius 1 is 1.25 bits per heavy atom. The fraction of sp³-hybridized carbons (Fsp3) is 0.167. The smallest absolute Gasteiger partial charge is 0.200 e. The number of hydrogen-bond donors (Lipinski definition) is 0. The van der Waals surface area contributed by atoms with E-state index < -0.39 is 0 Å². The lowest BCUT2D eigenvalue weighted by Gasteiger charge is -2.06. The number of hydrogen-bond acceptors (Lipinski definition) is 3. The van der Waals surface area contributed by atoms with Crippen LogP contribution in [0.15, 0.2) is 47.6 Å². The van der Waals surface area contributed by atoms with Crippen LogP contribution in [0.4, 0.5) is 0 Å². The number of benzene rings is 1. The van der Waals surface area contributed by atoms with E-state index >= 15 is 0 Å². The molecule has 0 unspecified atom stereocenters. The van der Waals surface area contributed by atoms with Crippen molar-refractivity contribution >= 4 is 24.0 Å². The fourth-order valence-corrected chi connectivity index (χ4v) is 2.08. The molecule has 0 saturated heterocycles. The van der Waals surface area contributed by atoms with Gasteiger partial charge in [-0.1, -0.05) is 30.3 Å². The third-order valence-electron chi connectivity index (χ3n) is 2.25. The minimum absolute atomic E-state index is 0.635. The van der Waals surface area contributed by atoms with Crippen molar-refractivity contribution < 1.29 is 0 Å². The number of aromatic nitrogens is 2. The lowest BCUT2D eigenvalue weighted by molar-refractivity contribution is 0.735. The zero-order chi connectivity index (χ0) is 11.4. The SMILES string of the molecule is CSc1ccn(Cc2ccccc2)c(=S)n1. The Morgan fingerprint density at radius 3 is 2.62 bits per heavy atom. The standard InChI is InChI=1S/C12H12N2S2/c1-16-11-7-8-14(12(15)13-11)9-10-5-3-2-4-6-10/h2-8H,9H2,1H3. The Morgan fingerprint density at radius 2 is 2.00 bits per heavy atom. The summed E-state index contributed by atoms with van der Waals surface area (Å²) in [5.74, 6) is 0. The Bertz CT molecular complexity index is 520. The predicted molar refractivity (Wildman–Crippen MR) is 70.4 cm³/mol. The van der Waals surface area contributed by atoms with Crippen LogP contribution in [0, 0.1) is 4.77 Å². The summed E-state index contributed by atoms with van der Waals surface area (Å²) >= 11 is 6.85. The van der Waals surface area contributed by atoms with Crippen LogP contribution in [0.25, 0.3) is 0 Å². The summed E-state index contributed by atoms with van der Waals surface area (Å²) in [4.78, 5) is 4.33. The van der Waals surface area contributed by atoms with Crippen LogP contribution >= 0.6 is 24.0 Å². The second-order valence-corrected chi connectivity index (χ2v) is 4.56. The van der Waals surface area contributed by atoms with E-state index in [0.29, 0.717) is 4.77 Å². The van der Waals surface area contributed by atoms with Crippen molar-refractivity contribution in [1.29, 1.82) is 0 Å². The highest BCUT2D eigenvalue weighted by Gasteiger charge is 1.97. The average molecular weight is 248 g/mol. The molecule has 1 heterocycles. The molecule has 0 aliphatic carbocycles. The molecule has 16 heavy (non-hydrogen) atoms. The molecule has 0 aliphatic rings. The van der Waals surface area contributed by atoms with Crippen molar-refractivity contribution in [3.05, 3.63) is 52.9 Å². The summed E-state index contributed by atoms with van der Waals surface area (Å²) in [5, 5.41) is 0.967. The summed E-state index contributed by atoms with van der Waals surface area (Å²) in [6.07, 6.45) is 3.99. The molecule has 0 N–H and O–H groups in total. The molecule has 4 heteroatoms. The molecular weight excluding hydrogens is 236 g/mol. The largest absolute Gasteiger partial charge is 0.319 e. The van der Waals surface area contributed by atoms with Crippen LogP contribution in [0.5, 0.6) is 0 Å². The quantitative estimate of drug-likeness (QED) is 0.471. The molecule has 0 amide bonds. The van der Waals surface area contributed by atoms with Crippen molar-refractivity contribution in [2.45, 2.75) is 11.6 Å². The molecule has 1 aromatic heterocycles. The lowest BCUT2D eigenvalue weighted by atomic mass is 10.2. The Hall–Kier alpha value is -1.13. The predicted octanol–water partition coefficient (Wildman–Crippen LogP) is 3.38. The molecule has 0 radical (unpaired) electrons. The molecule has 0 saturated carbocycles. The molecule has 2 rings (SSSR count). The summed E-state index contributed by atoms with van der Waals surface area (Å²) < 4.78 is 2.61. The van der Waals surface area contributed by atoms with E-state index in [9.17, 15) is 0 Å². The number of rotatable bonds is 3. The highest BCUT2D eigenvalue weighted by Crippen LogP contribution is 2.11. The van der Waals surface area contributed by atoms with Crippen LogP contribution in [-0.4, -0.2) is 15.8 Å². The van der Waals surface area contributed by atoms with Gasteiger partial charge < -0.3 is 4.57 Å². The van der Waals surface area contributed by atoms with E-state index in [2.05, 4.69) is 17.1 Å². The van der Waals surface area contributed by atoms with Crippen LogP contribution < -0.4 is 0 Å². The maximum absolute atomic E-state index is 5.24. The van der Waals surface area contributed by atoms with Crippen molar-refractivity contribution in [1.82, 2.24) is 9.55 Å². The van der Waals surface area contributed by atoms with Gasteiger partial charge in [-0.3, -0.25) is 0 Å². The van der Waals surface area contributed by atoms with Crippen LogP contribution in [0.2, 0.25) is 0 Å². The number of thioether (sulfide) groups is 1. The first-order valence-corrected chi connectivity index (χ1v) is 6.58. The maximum atomic E-state index is 5.24. The normalized spacial score (nSPS) is 10.3. The van der Waals surface area contributed by atoms with Crippen molar-refractivity contribution in [2.75, 3.05) is 6.26 Å². The van der Waals surface area contributed by atoms with Gasteiger partial charge in [0.25, 0.3) is 0 Å². The van der Waals surface area contributed by atoms with E-state index in [1.807, 2.05) is 41.3 Å². The summed E-state index contributed by atoms with van der Waals surface area (Å²) in [6, 6.07) is 12.2. The zero-order valence-corrected chi connectivity index (χ0v) is 10.6. The minimum Gasteiger partial charge on any atom is -0.319 e. The molecule has 0 atom stereocenters. The Balaban J connectivity index is 2.26. The molecular formula is C12H12N2S2. The van der Waals surface area contributed by atoms with Gasteiger partial charge in [0, 0.05) is 12.7 Å². The zero-order valence-electron chi connectivity index (χ0n) is 8.96. The second-order valence-electron chi connectivity index (χ2n) is 3.37. The fourth-order valence-electron chi connectivity index (χ4n) is 1.43. The molecule has 1 aromatic carbocycles. The molecule has 0 aliphatic heterocycles. The van der Waals surface area contributed by atoms with Gasteiger partial charge in [-0.2, -0.15) is 0 Å². The molecule has 82 valence electrons. The van der Waals surface area contributed by atoms with E-state index in [1.165, 1.54) is 5.56 Å². The van der Waals surface area contributed by atoms with Crippen LogP contribution in [0.1, 0.15) is 5.56 Å². The van der Waals surface area contributed by atoms with Crippen molar-refractivity contribution in [3.8, 4) is 0 Å². The average Bonchev–Trinajstić information content (AvgIpc) is 2.33. The number of nitrogens with zero attached hydrogens (tertiary/aromatic N) is 2. The van der Waals surface area contributed by atoms with E-state index in [0.717, 1.165) is 11.6 Å². The minimum atomic E-state index is 0.635. The van der Waals surface area contributed by atoms with Gasteiger partial charge in [0.2, 0.25) is 4.77 Å². The van der Waals surface area contributed by atoms with Gasteiger partial charge in [0.15, 0.2) is 0 Å². The molecule has 2 nitrogen and oxygen atoms in total. The molecule has 0 fully saturated rings. The van der Waals surface area contributed by atoms with Gasteiger partial charge in [0.1, 0.15) is 5.03 Å².